The predicted octanol–water partition coefficient (Wildman–Crippen LogP) is 1.37. The minimum atomic E-state index is -0.121. The molecular weight excluding hydrogens is 312 g/mol. The highest BCUT2D eigenvalue weighted by molar-refractivity contribution is 9.10. The van der Waals surface area contributed by atoms with Crippen LogP contribution in [0, 0.1) is 0 Å². The van der Waals surface area contributed by atoms with E-state index in [2.05, 4.69) is 31.3 Å². The van der Waals surface area contributed by atoms with Gasteiger partial charge in [-0.2, -0.15) is 5.10 Å². The lowest BCUT2D eigenvalue weighted by Gasteiger charge is -2.08. The van der Waals surface area contributed by atoms with E-state index in [1.54, 1.807) is 7.11 Å². The van der Waals surface area contributed by atoms with Crippen molar-refractivity contribution in [2.24, 2.45) is 0 Å². The fraction of sp³-hybridized carbons (Fsp3) is 0.250. The van der Waals surface area contributed by atoms with Crippen LogP contribution in [0.4, 0.5) is 0 Å². The average molecular weight is 325 g/mol. The molecule has 0 spiro atoms. The molecule has 0 unspecified atom stereocenters. The van der Waals surface area contributed by atoms with E-state index in [0.29, 0.717) is 6.54 Å². The number of halogens is 1. The molecule has 6 nitrogen and oxygen atoms in total. The van der Waals surface area contributed by atoms with Crippen LogP contribution in [0.25, 0.3) is 0 Å². The number of nitrogens with zero attached hydrogens (tertiary/aromatic N) is 3. The summed E-state index contributed by atoms with van der Waals surface area (Å²) < 4.78 is 7.54. The van der Waals surface area contributed by atoms with Gasteiger partial charge in [-0.1, -0.05) is 15.9 Å². The van der Waals surface area contributed by atoms with Crippen molar-refractivity contribution in [2.75, 3.05) is 7.11 Å². The van der Waals surface area contributed by atoms with E-state index in [9.17, 15) is 4.79 Å². The second-order valence-corrected chi connectivity index (χ2v) is 4.78. The summed E-state index contributed by atoms with van der Waals surface area (Å²) in [6, 6.07) is 5.67. The molecule has 1 aromatic heterocycles. The number of aromatic nitrogens is 3. The van der Waals surface area contributed by atoms with Gasteiger partial charge in [0.15, 0.2) is 0 Å². The Morgan fingerprint density at radius 2 is 2.32 bits per heavy atom. The smallest absolute Gasteiger partial charge is 0.242 e. The lowest BCUT2D eigenvalue weighted by atomic mass is 10.2. The number of rotatable bonds is 5. The van der Waals surface area contributed by atoms with Crippen LogP contribution in [0.5, 0.6) is 5.75 Å². The van der Waals surface area contributed by atoms with Gasteiger partial charge in [0.1, 0.15) is 24.9 Å². The number of hydrogen-bond donors (Lipinski definition) is 1. The Morgan fingerprint density at radius 1 is 1.47 bits per heavy atom. The highest BCUT2D eigenvalue weighted by atomic mass is 79.9. The molecule has 0 aliphatic carbocycles. The second-order valence-electron chi connectivity index (χ2n) is 3.87. The van der Waals surface area contributed by atoms with E-state index in [-0.39, 0.29) is 12.5 Å². The Labute approximate surface area is 118 Å². The van der Waals surface area contributed by atoms with Gasteiger partial charge in [-0.05, 0) is 23.8 Å². The summed E-state index contributed by atoms with van der Waals surface area (Å²) in [6.07, 6.45) is 2.90. The van der Waals surface area contributed by atoms with Crippen LogP contribution in [-0.2, 0) is 17.9 Å². The minimum Gasteiger partial charge on any atom is -0.497 e. The van der Waals surface area contributed by atoms with Crippen LogP contribution in [0.3, 0.4) is 0 Å². The number of methoxy groups -OCH3 is 1. The van der Waals surface area contributed by atoms with Gasteiger partial charge in [0.05, 0.1) is 7.11 Å². The number of amides is 1. The Hall–Kier alpha value is -1.89. The summed E-state index contributed by atoms with van der Waals surface area (Å²) in [5.41, 5.74) is 0.957. The Bertz CT molecular complexity index is 557. The molecule has 19 heavy (non-hydrogen) atoms. The maximum Gasteiger partial charge on any atom is 0.242 e. The minimum absolute atomic E-state index is 0.121. The molecule has 0 atom stereocenters. The van der Waals surface area contributed by atoms with Crippen LogP contribution in [0.2, 0.25) is 0 Å². The van der Waals surface area contributed by atoms with E-state index in [1.807, 2.05) is 18.2 Å². The molecule has 2 rings (SSSR count). The summed E-state index contributed by atoms with van der Waals surface area (Å²) in [7, 11) is 1.61. The zero-order valence-electron chi connectivity index (χ0n) is 10.3. The van der Waals surface area contributed by atoms with Crippen molar-refractivity contribution < 1.29 is 9.53 Å². The number of benzene rings is 1. The van der Waals surface area contributed by atoms with Crippen molar-refractivity contribution >= 4 is 21.8 Å². The molecule has 7 heteroatoms. The maximum absolute atomic E-state index is 11.7. The normalized spacial score (nSPS) is 10.2. The van der Waals surface area contributed by atoms with Crippen molar-refractivity contribution in [1.29, 1.82) is 0 Å². The lowest BCUT2D eigenvalue weighted by molar-refractivity contribution is -0.122. The van der Waals surface area contributed by atoms with Gasteiger partial charge in [0.25, 0.3) is 0 Å². The van der Waals surface area contributed by atoms with Crippen molar-refractivity contribution in [3.8, 4) is 5.75 Å². The van der Waals surface area contributed by atoms with E-state index in [1.165, 1.54) is 17.3 Å². The standard InChI is InChI=1S/C12H13BrN4O2/c1-19-11-3-9(2-10(13)4-11)5-15-12(18)6-17-8-14-7-16-17/h2-4,7-8H,5-6H2,1H3,(H,15,18). The number of nitrogens with one attached hydrogen (secondary N) is 1. The van der Waals surface area contributed by atoms with E-state index in [4.69, 9.17) is 4.74 Å². The van der Waals surface area contributed by atoms with Crippen molar-refractivity contribution in [2.45, 2.75) is 13.1 Å². The fourth-order valence-electron chi connectivity index (χ4n) is 1.56. The number of carbonyl (C=O) groups excluding carboxylic acids is 1. The van der Waals surface area contributed by atoms with Gasteiger partial charge >= 0.3 is 0 Å². The van der Waals surface area contributed by atoms with Crippen LogP contribution in [0.1, 0.15) is 5.56 Å². The van der Waals surface area contributed by atoms with Crippen LogP contribution in [-0.4, -0.2) is 27.8 Å². The van der Waals surface area contributed by atoms with Crippen LogP contribution in [0.15, 0.2) is 35.3 Å². The summed E-state index contributed by atoms with van der Waals surface area (Å²) in [6.45, 7) is 0.592. The zero-order chi connectivity index (χ0) is 13.7. The highest BCUT2D eigenvalue weighted by Crippen LogP contribution is 2.21. The molecule has 0 saturated carbocycles. The van der Waals surface area contributed by atoms with Gasteiger partial charge in [-0.25, -0.2) is 9.67 Å². The van der Waals surface area contributed by atoms with Crippen LogP contribution < -0.4 is 10.1 Å². The molecule has 0 saturated heterocycles. The zero-order valence-corrected chi connectivity index (χ0v) is 11.9. The molecular formula is C12H13BrN4O2. The summed E-state index contributed by atoms with van der Waals surface area (Å²) in [5.74, 6) is 0.624. The first kappa shape index (κ1) is 13.5. The number of hydrogen-bond acceptors (Lipinski definition) is 4. The molecule has 100 valence electrons. The fourth-order valence-corrected chi connectivity index (χ4v) is 2.08. The first-order valence-corrected chi connectivity index (χ1v) is 6.39. The van der Waals surface area contributed by atoms with Crippen molar-refractivity contribution in [1.82, 2.24) is 20.1 Å². The number of ether oxygens (including phenoxy) is 1. The molecule has 0 aliphatic rings. The molecule has 1 amide bonds. The summed E-state index contributed by atoms with van der Waals surface area (Å²) in [5, 5.41) is 6.68. The van der Waals surface area contributed by atoms with Gasteiger partial charge in [0.2, 0.25) is 5.91 Å². The van der Waals surface area contributed by atoms with Gasteiger partial charge < -0.3 is 10.1 Å². The third-order valence-corrected chi connectivity index (χ3v) is 2.89. The SMILES string of the molecule is COc1cc(Br)cc(CNC(=O)Cn2cncn2)c1. The Kier molecular flexibility index (Phi) is 4.51. The summed E-state index contributed by atoms with van der Waals surface area (Å²) in [4.78, 5) is 15.5. The third kappa shape index (κ3) is 4.06. The lowest BCUT2D eigenvalue weighted by Crippen LogP contribution is -2.27. The maximum atomic E-state index is 11.7. The van der Waals surface area contributed by atoms with E-state index >= 15 is 0 Å². The quantitative estimate of drug-likeness (QED) is 0.901. The van der Waals surface area contributed by atoms with Gasteiger partial charge in [-0.15, -0.1) is 0 Å². The van der Waals surface area contributed by atoms with E-state index < -0.39 is 0 Å². The van der Waals surface area contributed by atoms with Crippen molar-refractivity contribution in [3.05, 3.63) is 40.9 Å². The first-order chi connectivity index (χ1) is 9.17. The first-order valence-electron chi connectivity index (χ1n) is 5.60. The molecule has 2 aromatic rings. The highest BCUT2D eigenvalue weighted by Gasteiger charge is 2.04. The predicted molar refractivity (Wildman–Crippen MR) is 72.6 cm³/mol. The van der Waals surface area contributed by atoms with E-state index in [0.717, 1.165) is 15.8 Å². The molecule has 1 N–H and O–H groups in total. The molecule has 0 radical (unpaired) electrons. The molecule has 0 aliphatic heterocycles. The average Bonchev–Trinajstić information content (AvgIpc) is 2.88. The second kappa shape index (κ2) is 6.33. The van der Waals surface area contributed by atoms with Crippen LogP contribution >= 0.6 is 15.9 Å². The third-order valence-electron chi connectivity index (χ3n) is 2.43. The largest absolute Gasteiger partial charge is 0.497 e. The van der Waals surface area contributed by atoms with Gasteiger partial charge in [0, 0.05) is 11.0 Å². The summed E-state index contributed by atoms with van der Waals surface area (Å²) >= 11 is 3.39. The molecule has 0 fully saturated rings. The molecule has 1 heterocycles. The monoisotopic (exact) mass is 324 g/mol. The Morgan fingerprint density at radius 3 is 3.00 bits per heavy atom. The number of carbonyl (C=O) groups is 1. The molecule has 1 aromatic carbocycles. The topological polar surface area (TPSA) is 69.0 Å². The van der Waals surface area contributed by atoms with Gasteiger partial charge in [-0.3, -0.25) is 4.79 Å². The Balaban J connectivity index is 1.91. The molecule has 0 bridgehead atoms. The van der Waals surface area contributed by atoms with Crippen molar-refractivity contribution in [3.63, 3.8) is 0 Å².